The Bertz CT molecular complexity index is 325. The van der Waals surface area contributed by atoms with Gasteiger partial charge in [0, 0.05) is 0 Å². The van der Waals surface area contributed by atoms with Gasteiger partial charge in [0.15, 0.2) is 0 Å². The SMILES string of the molecule is CCCCCC/C=C\COC(=O)C(C)CCCCCCC(C)(C)C. The summed E-state index contributed by atoms with van der Waals surface area (Å²) in [4.78, 5) is 11.9. The molecule has 1 unspecified atom stereocenters. The molecule has 0 aromatic rings. The first-order valence-corrected chi connectivity index (χ1v) is 10.2. The highest BCUT2D eigenvalue weighted by Gasteiger charge is 2.13. The number of unbranched alkanes of at least 4 members (excludes halogenated alkanes) is 7. The van der Waals surface area contributed by atoms with Crippen LogP contribution in [0.25, 0.3) is 0 Å². The Balaban J connectivity index is 3.54. The van der Waals surface area contributed by atoms with Crippen molar-refractivity contribution < 1.29 is 9.53 Å². The Morgan fingerprint density at radius 2 is 1.62 bits per heavy atom. The van der Waals surface area contributed by atoms with Crippen LogP contribution >= 0.6 is 0 Å². The number of hydrogen-bond donors (Lipinski definition) is 0. The first-order chi connectivity index (χ1) is 11.4. The lowest BCUT2D eigenvalue weighted by Gasteiger charge is -2.17. The molecule has 0 spiro atoms. The molecular formula is C22H42O2. The standard InChI is InChI=1S/C22H42O2/c1-6-7-8-9-10-13-16-19-24-21(23)20(2)17-14-11-12-15-18-22(3,4)5/h13,16,20H,6-12,14-15,17-19H2,1-5H3/b16-13-. The van der Waals surface area contributed by atoms with Gasteiger partial charge in [0.2, 0.25) is 0 Å². The molecule has 0 radical (unpaired) electrons. The molecule has 0 bridgehead atoms. The van der Waals surface area contributed by atoms with Crippen molar-refractivity contribution in [3.63, 3.8) is 0 Å². The zero-order valence-corrected chi connectivity index (χ0v) is 17.0. The molecule has 1 atom stereocenters. The summed E-state index contributed by atoms with van der Waals surface area (Å²) >= 11 is 0. The normalized spacial score (nSPS) is 13.4. The zero-order valence-electron chi connectivity index (χ0n) is 17.0. The van der Waals surface area contributed by atoms with Crippen molar-refractivity contribution >= 4 is 5.97 Å². The number of ether oxygens (including phenoxy) is 1. The third-order valence-electron chi connectivity index (χ3n) is 4.43. The molecule has 0 aromatic carbocycles. The third kappa shape index (κ3) is 16.1. The second-order valence-corrected chi connectivity index (χ2v) is 8.37. The van der Waals surface area contributed by atoms with Crippen molar-refractivity contribution in [3.8, 4) is 0 Å². The van der Waals surface area contributed by atoms with E-state index in [0.29, 0.717) is 12.0 Å². The summed E-state index contributed by atoms with van der Waals surface area (Å²) in [7, 11) is 0. The fourth-order valence-electron chi connectivity index (χ4n) is 2.72. The van der Waals surface area contributed by atoms with Crippen LogP contribution in [0.15, 0.2) is 12.2 Å². The smallest absolute Gasteiger partial charge is 0.308 e. The maximum absolute atomic E-state index is 11.9. The van der Waals surface area contributed by atoms with Crippen LogP contribution in [0.4, 0.5) is 0 Å². The van der Waals surface area contributed by atoms with E-state index in [1.54, 1.807) is 0 Å². The maximum Gasteiger partial charge on any atom is 0.308 e. The van der Waals surface area contributed by atoms with Crippen molar-refractivity contribution in [2.45, 2.75) is 105 Å². The minimum Gasteiger partial charge on any atom is -0.461 e. The Labute approximate surface area is 151 Å². The molecule has 0 amide bonds. The van der Waals surface area contributed by atoms with E-state index in [4.69, 9.17) is 4.74 Å². The van der Waals surface area contributed by atoms with Gasteiger partial charge in [0.1, 0.15) is 6.61 Å². The Hall–Kier alpha value is -0.790. The minimum atomic E-state index is -0.0414. The van der Waals surface area contributed by atoms with Gasteiger partial charge in [-0.15, -0.1) is 0 Å². The van der Waals surface area contributed by atoms with E-state index in [-0.39, 0.29) is 11.9 Å². The molecule has 0 rings (SSSR count). The summed E-state index contributed by atoms with van der Waals surface area (Å²) < 4.78 is 5.33. The quantitative estimate of drug-likeness (QED) is 0.192. The number of carbonyl (C=O) groups is 1. The lowest BCUT2D eigenvalue weighted by molar-refractivity contribution is -0.146. The molecule has 0 heterocycles. The van der Waals surface area contributed by atoms with Gasteiger partial charge >= 0.3 is 5.97 Å². The first kappa shape index (κ1) is 23.2. The van der Waals surface area contributed by atoms with Crippen LogP contribution < -0.4 is 0 Å². The number of allylic oxidation sites excluding steroid dienone is 1. The highest BCUT2D eigenvalue weighted by molar-refractivity contribution is 5.71. The first-order valence-electron chi connectivity index (χ1n) is 10.2. The van der Waals surface area contributed by atoms with Crippen LogP contribution in [-0.2, 0) is 9.53 Å². The van der Waals surface area contributed by atoms with E-state index in [9.17, 15) is 4.79 Å². The van der Waals surface area contributed by atoms with E-state index in [1.807, 2.05) is 13.0 Å². The van der Waals surface area contributed by atoms with Gasteiger partial charge < -0.3 is 4.74 Å². The molecule has 0 N–H and O–H groups in total. The van der Waals surface area contributed by atoms with Gasteiger partial charge in [-0.2, -0.15) is 0 Å². The monoisotopic (exact) mass is 338 g/mol. The third-order valence-corrected chi connectivity index (χ3v) is 4.43. The molecule has 2 heteroatoms. The number of rotatable bonds is 14. The van der Waals surface area contributed by atoms with Gasteiger partial charge in [0.05, 0.1) is 5.92 Å². The molecule has 0 aromatic heterocycles. The molecule has 0 saturated heterocycles. The molecule has 0 aliphatic rings. The maximum atomic E-state index is 11.9. The van der Waals surface area contributed by atoms with Crippen LogP contribution in [0.3, 0.4) is 0 Å². The van der Waals surface area contributed by atoms with Gasteiger partial charge in [-0.05, 0) is 31.1 Å². The zero-order chi connectivity index (χ0) is 18.3. The van der Waals surface area contributed by atoms with Gasteiger partial charge in [-0.25, -0.2) is 0 Å². The van der Waals surface area contributed by atoms with E-state index < -0.39 is 0 Å². The van der Waals surface area contributed by atoms with Crippen molar-refractivity contribution in [3.05, 3.63) is 12.2 Å². The molecule has 0 saturated carbocycles. The molecule has 0 aliphatic heterocycles. The van der Waals surface area contributed by atoms with Crippen LogP contribution in [-0.4, -0.2) is 12.6 Å². The average molecular weight is 339 g/mol. The topological polar surface area (TPSA) is 26.3 Å². The molecule has 2 nitrogen and oxygen atoms in total. The highest BCUT2D eigenvalue weighted by atomic mass is 16.5. The number of carbonyl (C=O) groups excluding carboxylic acids is 1. The van der Waals surface area contributed by atoms with Gasteiger partial charge in [0.25, 0.3) is 0 Å². The molecular weight excluding hydrogens is 296 g/mol. The predicted molar refractivity (Wildman–Crippen MR) is 105 cm³/mol. The summed E-state index contributed by atoms with van der Waals surface area (Å²) in [6, 6.07) is 0. The fourth-order valence-corrected chi connectivity index (χ4v) is 2.72. The lowest BCUT2D eigenvalue weighted by Crippen LogP contribution is -2.14. The molecule has 0 aliphatic carbocycles. The van der Waals surface area contributed by atoms with E-state index in [1.165, 1.54) is 51.4 Å². The summed E-state index contributed by atoms with van der Waals surface area (Å²) in [5.74, 6) is -0.00843. The lowest BCUT2D eigenvalue weighted by atomic mass is 9.89. The van der Waals surface area contributed by atoms with Gasteiger partial charge in [-0.1, -0.05) is 91.7 Å². The molecule has 24 heavy (non-hydrogen) atoms. The Morgan fingerprint density at radius 1 is 0.958 bits per heavy atom. The molecule has 142 valence electrons. The van der Waals surface area contributed by atoms with Crippen LogP contribution in [0, 0.1) is 11.3 Å². The van der Waals surface area contributed by atoms with Crippen molar-refractivity contribution in [1.29, 1.82) is 0 Å². The largest absolute Gasteiger partial charge is 0.461 e. The number of esters is 1. The van der Waals surface area contributed by atoms with Crippen LogP contribution in [0.2, 0.25) is 0 Å². The van der Waals surface area contributed by atoms with Crippen LogP contribution in [0.5, 0.6) is 0 Å². The number of hydrogen-bond acceptors (Lipinski definition) is 2. The fraction of sp³-hybridized carbons (Fsp3) is 0.864. The summed E-state index contributed by atoms with van der Waals surface area (Å²) in [5, 5.41) is 0. The second kappa shape index (κ2) is 14.5. The van der Waals surface area contributed by atoms with E-state index in [0.717, 1.165) is 19.3 Å². The minimum absolute atomic E-state index is 0.0329. The van der Waals surface area contributed by atoms with E-state index in [2.05, 4.69) is 33.8 Å². The molecule has 0 fully saturated rings. The summed E-state index contributed by atoms with van der Waals surface area (Å²) in [6.45, 7) is 11.5. The Kier molecular flexibility index (Phi) is 14.1. The summed E-state index contributed by atoms with van der Waals surface area (Å²) in [5.41, 5.74) is 0.445. The van der Waals surface area contributed by atoms with Gasteiger partial charge in [-0.3, -0.25) is 4.79 Å². The van der Waals surface area contributed by atoms with Crippen molar-refractivity contribution in [2.24, 2.45) is 11.3 Å². The average Bonchev–Trinajstić information content (AvgIpc) is 2.51. The van der Waals surface area contributed by atoms with Crippen LogP contribution in [0.1, 0.15) is 105 Å². The van der Waals surface area contributed by atoms with Crippen molar-refractivity contribution in [1.82, 2.24) is 0 Å². The van der Waals surface area contributed by atoms with E-state index >= 15 is 0 Å². The second-order valence-electron chi connectivity index (χ2n) is 8.37. The highest BCUT2D eigenvalue weighted by Crippen LogP contribution is 2.23. The Morgan fingerprint density at radius 3 is 2.29 bits per heavy atom. The van der Waals surface area contributed by atoms with Crippen molar-refractivity contribution in [2.75, 3.05) is 6.61 Å². The summed E-state index contributed by atoms with van der Waals surface area (Å²) in [6.07, 6.45) is 17.5. The predicted octanol–water partition coefficient (Wildman–Crippen LogP) is 7.08.